The van der Waals surface area contributed by atoms with Gasteiger partial charge >= 0.3 is 0 Å². The molecule has 0 saturated heterocycles. The number of nitro groups is 1. The van der Waals surface area contributed by atoms with E-state index in [1.807, 2.05) is 35.7 Å². The molecule has 0 bridgehead atoms. The summed E-state index contributed by atoms with van der Waals surface area (Å²) in [4.78, 5) is 15.5. The quantitative estimate of drug-likeness (QED) is 0.180. The second-order valence-corrected chi connectivity index (χ2v) is 7.86. The summed E-state index contributed by atoms with van der Waals surface area (Å²) in [5.74, 6) is 0.115. The van der Waals surface area contributed by atoms with Gasteiger partial charge in [-0.1, -0.05) is 42.5 Å². The highest BCUT2D eigenvalue weighted by Crippen LogP contribution is 2.28. The third kappa shape index (κ3) is 4.21. The van der Waals surface area contributed by atoms with Gasteiger partial charge in [-0.05, 0) is 24.3 Å². The Kier molecular flexibility index (Phi) is 5.37. The van der Waals surface area contributed by atoms with Crippen molar-refractivity contribution in [2.24, 2.45) is 10.1 Å². The van der Waals surface area contributed by atoms with E-state index in [0.29, 0.717) is 21.8 Å². The molecule has 0 aliphatic heterocycles. The topological polar surface area (TPSA) is 85.9 Å². The van der Waals surface area contributed by atoms with Gasteiger partial charge in [-0.2, -0.15) is 5.10 Å². The van der Waals surface area contributed by atoms with Crippen LogP contribution in [0.3, 0.4) is 0 Å². The number of para-hydroxylation sites is 2. The maximum Gasteiger partial charge on any atom is 0.270 e. The van der Waals surface area contributed by atoms with E-state index >= 15 is 0 Å². The average Bonchev–Trinajstić information content (AvgIpc) is 3.43. The highest BCUT2D eigenvalue weighted by Gasteiger charge is 2.13. The van der Waals surface area contributed by atoms with Crippen LogP contribution in [-0.2, 0) is 0 Å². The number of non-ortho nitro benzene ring substituents is 1. The number of nitro benzene ring substituents is 1. The fraction of sp³-hybridized carbons (Fsp3) is 0. The molecule has 0 spiro atoms. The van der Waals surface area contributed by atoms with Gasteiger partial charge in [-0.25, -0.2) is 14.1 Å². The fourth-order valence-corrected chi connectivity index (χ4v) is 4.09. The van der Waals surface area contributed by atoms with E-state index in [1.54, 1.807) is 30.3 Å². The molecule has 0 aliphatic rings. The first kappa shape index (κ1) is 20.5. The molecule has 0 N–H and O–H groups in total. The maximum absolute atomic E-state index is 14.2. The van der Waals surface area contributed by atoms with Crippen molar-refractivity contribution in [3.8, 4) is 11.5 Å². The van der Waals surface area contributed by atoms with E-state index in [9.17, 15) is 14.5 Å². The standard InChI is InChI=1S/C24H15FN4O3S/c25-19-9-2-3-10-20(19)27-24-28(26-14-16-6-5-8-18(12-16)29(30)31)21(15-33-24)23-13-17-7-1-4-11-22(17)32-23/h1-15H. The molecular weight excluding hydrogens is 443 g/mol. The highest BCUT2D eigenvalue weighted by atomic mass is 32.1. The molecule has 0 saturated carbocycles. The maximum atomic E-state index is 14.2. The normalized spacial score (nSPS) is 12.1. The minimum Gasteiger partial charge on any atom is -0.454 e. The van der Waals surface area contributed by atoms with E-state index in [1.165, 1.54) is 40.4 Å². The van der Waals surface area contributed by atoms with Crippen molar-refractivity contribution in [1.82, 2.24) is 4.68 Å². The van der Waals surface area contributed by atoms with Gasteiger partial charge < -0.3 is 4.42 Å². The Bertz CT molecular complexity index is 1550. The zero-order valence-electron chi connectivity index (χ0n) is 17.0. The molecule has 33 heavy (non-hydrogen) atoms. The Hall–Kier alpha value is -4.37. The molecule has 2 aromatic heterocycles. The van der Waals surface area contributed by atoms with Crippen molar-refractivity contribution in [3.63, 3.8) is 0 Å². The molecule has 5 rings (SSSR count). The molecule has 0 fully saturated rings. The first-order valence-corrected chi connectivity index (χ1v) is 10.7. The number of nitrogens with zero attached hydrogens (tertiary/aromatic N) is 4. The Morgan fingerprint density at radius 3 is 2.67 bits per heavy atom. The molecule has 0 aliphatic carbocycles. The van der Waals surface area contributed by atoms with Gasteiger partial charge in [-0.15, -0.1) is 11.3 Å². The third-order valence-electron chi connectivity index (χ3n) is 4.84. The molecule has 0 atom stereocenters. The van der Waals surface area contributed by atoms with Crippen LogP contribution in [0.2, 0.25) is 0 Å². The van der Waals surface area contributed by atoms with E-state index in [0.717, 1.165) is 11.0 Å². The number of halogens is 1. The van der Waals surface area contributed by atoms with E-state index in [2.05, 4.69) is 10.1 Å². The molecule has 5 aromatic rings. The van der Waals surface area contributed by atoms with Crippen molar-refractivity contribution in [2.45, 2.75) is 0 Å². The number of furan rings is 1. The second kappa shape index (κ2) is 8.64. The van der Waals surface area contributed by atoms with Gasteiger partial charge in [0.05, 0.1) is 11.1 Å². The first-order chi connectivity index (χ1) is 16.1. The number of benzene rings is 3. The SMILES string of the molecule is O=[N+]([O-])c1cccc(C=Nn2c(-c3cc4ccccc4o3)csc2=Nc2ccccc2F)c1. The number of aromatic nitrogens is 1. The summed E-state index contributed by atoms with van der Waals surface area (Å²) in [6, 6.07) is 21.8. The summed E-state index contributed by atoms with van der Waals surface area (Å²) < 4.78 is 21.8. The number of fused-ring (bicyclic) bond motifs is 1. The summed E-state index contributed by atoms with van der Waals surface area (Å²) in [6.45, 7) is 0. The van der Waals surface area contributed by atoms with Crippen LogP contribution in [0, 0.1) is 15.9 Å². The van der Waals surface area contributed by atoms with Crippen LogP contribution in [0.5, 0.6) is 0 Å². The Balaban J connectivity index is 1.66. The lowest BCUT2D eigenvalue weighted by atomic mass is 10.2. The van der Waals surface area contributed by atoms with Crippen LogP contribution >= 0.6 is 11.3 Å². The fourth-order valence-electron chi connectivity index (χ4n) is 3.26. The Morgan fingerprint density at radius 2 is 1.85 bits per heavy atom. The van der Waals surface area contributed by atoms with Crippen LogP contribution < -0.4 is 4.80 Å². The second-order valence-electron chi connectivity index (χ2n) is 7.02. The Morgan fingerprint density at radius 1 is 1.03 bits per heavy atom. The smallest absolute Gasteiger partial charge is 0.270 e. The number of hydrogen-bond acceptors (Lipinski definition) is 6. The minimum atomic E-state index is -0.464. The third-order valence-corrected chi connectivity index (χ3v) is 5.65. The largest absolute Gasteiger partial charge is 0.454 e. The molecule has 162 valence electrons. The lowest BCUT2D eigenvalue weighted by Crippen LogP contribution is -2.11. The van der Waals surface area contributed by atoms with E-state index in [4.69, 9.17) is 4.42 Å². The molecule has 0 amide bonds. The van der Waals surface area contributed by atoms with Gasteiger partial charge in [0.25, 0.3) is 5.69 Å². The summed E-state index contributed by atoms with van der Waals surface area (Å²) in [5.41, 5.74) is 2.02. The number of rotatable bonds is 5. The monoisotopic (exact) mass is 458 g/mol. The molecule has 2 heterocycles. The minimum absolute atomic E-state index is 0.0388. The molecule has 0 radical (unpaired) electrons. The lowest BCUT2D eigenvalue weighted by molar-refractivity contribution is -0.384. The van der Waals surface area contributed by atoms with Gasteiger partial charge in [0.1, 0.15) is 22.8 Å². The predicted octanol–water partition coefficient (Wildman–Crippen LogP) is 6.12. The van der Waals surface area contributed by atoms with Crippen LogP contribution in [0.4, 0.5) is 15.8 Å². The van der Waals surface area contributed by atoms with Crippen LogP contribution in [0.15, 0.2) is 98.8 Å². The van der Waals surface area contributed by atoms with Crippen molar-refractivity contribution in [1.29, 1.82) is 0 Å². The van der Waals surface area contributed by atoms with Crippen molar-refractivity contribution in [3.05, 3.63) is 111 Å². The van der Waals surface area contributed by atoms with Gasteiger partial charge in [0, 0.05) is 28.5 Å². The summed E-state index contributed by atoms with van der Waals surface area (Å²) in [5, 5.41) is 18.4. The molecule has 0 unspecified atom stereocenters. The zero-order valence-corrected chi connectivity index (χ0v) is 17.8. The molecule has 3 aromatic carbocycles. The number of hydrogen-bond donors (Lipinski definition) is 0. The Labute approximate surface area is 190 Å². The van der Waals surface area contributed by atoms with Crippen molar-refractivity contribution in [2.75, 3.05) is 0 Å². The van der Waals surface area contributed by atoms with Gasteiger partial charge in [0.15, 0.2) is 5.76 Å². The van der Waals surface area contributed by atoms with Gasteiger partial charge in [-0.3, -0.25) is 10.1 Å². The lowest BCUT2D eigenvalue weighted by Gasteiger charge is -2.01. The van der Waals surface area contributed by atoms with E-state index < -0.39 is 10.7 Å². The molecular formula is C24H15FN4O3S. The zero-order chi connectivity index (χ0) is 22.8. The first-order valence-electron chi connectivity index (χ1n) is 9.86. The molecule has 9 heteroatoms. The summed E-state index contributed by atoms with van der Waals surface area (Å²) in [7, 11) is 0. The van der Waals surface area contributed by atoms with Crippen molar-refractivity contribution >= 4 is 39.9 Å². The predicted molar refractivity (Wildman–Crippen MR) is 125 cm³/mol. The van der Waals surface area contributed by atoms with Crippen LogP contribution in [-0.4, -0.2) is 15.8 Å². The highest BCUT2D eigenvalue weighted by molar-refractivity contribution is 7.07. The van der Waals surface area contributed by atoms with Crippen LogP contribution in [0.1, 0.15) is 5.56 Å². The van der Waals surface area contributed by atoms with E-state index in [-0.39, 0.29) is 11.4 Å². The van der Waals surface area contributed by atoms with Gasteiger partial charge in [0.2, 0.25) is 4.80 Å². The number of thiazole rings is 1. The van der Waals surface area contributed by atoms with Crippen molar-refractivity contribution < 1.29 is 13.7 Å². The average molecular weight is 458 g/mol. The summed E-state index contributed by atoms with van der Waals surface area (Å²) >= 11 is 1.28. The summed E-state index contributed by atoms with van der Waals surface area (Å²) in [6.07, 6.45) is 1.49. The van der Waals surface area contributed by atoms with Crippen LogP contribution in [0.25, 0.3) is 22.4 Å². The molecule has 7 nitrogen and oxygen atoms in total.